The molecule has 0 amide bonds. The molecule has 0 aromatic carbocycles. The lowest BCUT2D eigenvalue weighted by atomic mass is 10.1. The first-order valence-electron chi connectivity index (χ1n) is 6.49. The molecule has 0 aliphatic heterocycles. The summed E-state index contributed by atoms with van der Waals surface area (Å²) in [5.41, 5.74) is 0. The Labute approximate surface area is 102 Å². The van der Waals surface area contributed by atoms with Gasteiger partial charge in [0, 0.05) is 30.1 Å². The predicted octanol–water partition coefficient (Wildman–Crippen LogP) is 3.31. The number of aromatic nitrogens is 1. The molecule has 0 unspecified atom stereocenters. The largest absolute Gasteiger partial charge is 0.314 e. The molecule has 1 aliphatic rings. The minimum absolute atomic E-state index is 0.767. The summed E-state index contributed by atoms with van der Waals surface area (Å²) < 4.78 is 0. The van der Waals surface area contributed by atoms with Gasteiger partial charge in [-0.25, -0.2) is 4.98 Å². The van der Waals surface area contributed by atoms with Crippen LogP contribution in [0.3, 0.4) is 0 Å². The van der Waals surface area contributed by atoms with Gasteiger partial charge in [-0.15, -0.1) is 11.3 Å². The van der Waals surface area contributed by atoms with Crippen molar-refractivity contribution in [2.45, 2.75) is 57.9 Å². The van der Waals surface area contributed by atoms with E-state index in [1.807, 2.05) is 17.5 Å². The van der Waals surface area contributed by atoms with E-state index in [2.05, 4.69) is 17.2 Å². The van der Waals surface area contributed by atoms with Gasteiger partial charge in [0.1, 0.15) is 0 Å². The first-order valence-corrected chi connectivity index (χ1v) is 7.31. The van der Waals surface area contributed by atoms with Crippen LogP contribution in [-0.4, -0.2) is 17.6 Å². The molecular formula is C13H22N2S. The maximum absolute atomic E-state index is 4.40. The van der Waals surface area contributed by atoms with Crippen molar-refractivity contribution in [3.63, 3.8) is 0 Å². The summed E-state index contributed by atoms with van der Waals surface area (Å²) in [5.74, 6) is 0. The molecule has 16 heavy (non-hydrogen) atoms. The molecule has 0 bridgehead atoms. The van der Waals surface area contributed by atoms with Crippen molar-refractivity contribution in [2.75, 3.05) is 6.54 Å². The van der Waals surface area contributed by atoms with Crippen molar-refractivity contribution in [2.24, 2.45) is 0 Å². The standard InChI is InChI=1S/C13H22N2S/c1-11-10-15-13(16-11)8-9-14-12-6-4-2-3-5-7-12/h10,12,14H,2-9H2,1H3. The number of nitrogens with zero attached hydrogens (tertiary/aromatic N) is 1. The monoisotopic (exact) mass is 238 g/mol. The molecule has 1 saturated carbocycles. The van der Waals surface area contributed by atoms with E-state index in [-0.39, 0.29) is 0 Å². The highest BCUT2D eigenvalue weighted by Gasteiger charge is 2.11. The number of aryl methyl sites for hydroxylation is 1. The molecule has 1 aliphatic carbocycles. The van der Waals surface area contributed by atoms with Crippen molar-refractivity contribution < 1.29 is 0 Å². The van der Waals surface area contributed by atoms with Gasteiger partial charge in [-0.2, -0.15) is 0 Å². The highest BCUT2D eigenvalue weighted by molar-refractivity contribution is 7.11. The zero-order valence-corrected chi connectivity index (χ0v) is 11.0. The molecule has 2 nitrogen and oxygen atoms in total. The summed E-state index contributed by atoms with van der Waals surface area (Å²) in [5, 5.41) is 4.96. The normalized spacial score (nSPS) is 18.6. The van der Waals surface area contributed by atoms with E-state index in [9.17, 15) is 0 Å². The van der Waals surface area contributed by atoms with E-state index >= 15 is 0 Å². The molecule has 1 heterocycles. The summed E-state index contributed by atoms with van der Waals surface area (Å²) in [7, 11) is 0. The van der Waals surface area contributed by atoms with Crippen LogP contribution in [0, 0.1) is 6.92 Å². The van der Waals surface area contributed by atoms with Gasteiger partial charge in [-0.1, -0.05) is 25.7 Å². The quantitative estimate of drug-likeness (QED) is 0.814. The molecule has 1 aromatic rings. The Hall–Kier alpha value is -0.410. The maximum atomic E-state index is 4.40. The van der Waals surface area contributed by atoms with Crippen LogP contribution in [-0.2, 0) is 6.42 Å². The summed E-state index contributed by atoms with van der Waals surface area (Å²) in [4.78, 5) is 5.72. The average Bonchev–Trinajstić information content (AvgIpc) is 2.54. The van der Waals surface area contributed by atoms with Gasteiger partial charge in [0.25, 0.3) is 0 Å². The minimum atomic E-state index is 0.767. The third kappa shape index (κ3) is 3.87. The SMILES string of the molecule is Cc1cnc(CCNC2CCCCCC2)s1. The molecule has 0 saturated heterocycles. The van der Waals surface area contributed by atoms with Crippen molar-refractivity contribution >= 4 is 11.3 Å². The van der Waals surface area contributed by atoms with E-state index in [0.717, 1.165) is 19.0 Å². The molecule has 0 spiro atoms. The molecule has 2 rings (SSSR count). The van der Waals surface area contributed by atoms with Crippen molar-refractivity contribution in [3.05, 3.63) is 16.1 Å². The van der Waals surface area contributed by atoms with Crippen LogP contribution in [0.2, 0.25) is 0 Å². The molecule has 3 heteroatoms. The van der Waals surface area contributed by atoms with E-state index in [1.54, 1.807) is 0 Å². The minimum Gasteiger partial charge on any atom is -0.314 e. The molecule has 1 N–H and O–H groups in total. The van der Waals surface area contributed by atoms with Crippen LogP contribution in [0.1, 0.15) is 48.4 Å². The Balaban J connectivity index is 1.67. The van der Waals surface area contributed by atoms with Crippen LogP contribution < -0.4 is 5.32 Å². The zero-order valence-electron chi connectivity index (χ0n) is 10.2. The van der Waals surface area contributed by atoms with E-state index in [4.69, 9.17) is 0 Å². The first kappa shape index (κ1) is 12.1. The first-order chi connectivity index (χ1) is 7.84. The number of hydrogen-bond acceptors (Lipinski definition) is 3. The van der Waals surface area contributed by atoms with Crippen molar-refractivity contribution in [1.82, 2.24) is 10.3 Å². The fourth-order valence-corrected chi connectivity index (χ4v) is 3.17. The Morgan fingerprint density at radius 2 is 2.06 bits per heavy atom. The van der Waals surface area contributed by atoms with Gasteiger partial charge in [-0.05, 0) is 19.8 Å². The third-order valence-corrected chi connectivity index (χ3v) is 4.27. The average molecular weight is 238 g/mol. The highest BCUT2D eigenvalue weighted by atomic mass is 32.1. The molecular weight excluding hydrogens is 216 g/mol. The van der Waals surface area contributed by atoms with Gasteiger partial charge in [0.15, 0.2) is 0 Å². The second kappa shape index (κ2) is 6.36. The van der Waals surface area contributed by atoms with Crippen molar-refractivity contribution in [1.29, 1.82) is 0 Å². The van der Waals surface area contributed by atoms with Gasteiger partial charge in [0.05, 0.1) is 5.01 Å². The Bertz CT molecular complexity index is 301. The summed E-state index contributed by atoms with van der Waals surface area (Å²) in [6, 6.07) is 0.767. The fraction of sp³-hybridized carbons (Fsp3) is 0.769. The second-order valence-electron chi connectivity index (χ2n) is 4.76. The smallest absolute Gasteiger partial charge is 0.0940 e. The molecule has 1 aromatic heterocycles. The maximum Gasteiger partial charge on any atom is 0.0940 e. The lowest BCUT2D eigenvalue weighted by Gasteiger charge is -2.15. The van der Waals surface area contributed by atoms with Gasteiger partial charge < -0.3 is 5.32 Å². The zero-order chi connectivity index (χ0) is 11.2. The topological polar surface area (TPSA) is 24.9 Å². The van der Waals surface area contributed by atoms with Crippen LogP contribution in [0.4, 0.5) is 0 Å². The summed E-state index contributed by atoms with van der Waals surface area (Å²) in [6.07, 6.45) is 11.5. The van der Waals surface area contributed by atoms with Crippen LogP contribution in [0.5, 0.6) is 0 Å². The second-order valence-corrected chi connectivity index (χ2v) is 6.08. The Morgan fingerprint density at radius 1 is 1.31 bits per heavy atom. The van der Waals surface area contributed by atoms with Gasteiger partial charge in [0.2, 0.25) is 0 Å². The molecule has 0 radical (unpaired) electrons. The number of rotatable bonds is 4. The van der Waals surface area contributed by atoms with Gasteiger partial charge >= 0.3 is 0 Å². The van der Waals surface area contributed by atoms with Crippen LogP contribution in [0.25, 0.3) is 0 Å². The fourth-order valence-electron chi connectivity index (χ4n) is 2.38. The van der Waals surface area contributed by atoms with E-state index in [0.29, 0.717) is 0 Å². The third-order valence-electron chi connectivity index (χ3n) is 3.30. The molecule has 90 valence electrons. The summed E-state index contributed by atoms with van der Waals surface area (Å²) >= 11 is 1.83. The number of hydrogen-bond donors (Lipinski definition) is 1. The van der Waals surface area contributed by atoms with Crippen LogP contribution >= 0.6 is 11.3 Å². The van der Waals surface area contributed by atoms with Gasteiger partial charge in [-0.3, -0.25) is 0 Å². The lowest BCUT2D eigenvalue weighted by Crippen LogP contribution is -2.30. The summed E-state index contributed by atoms with van der Waals surface area (Å²) in [6.45, 7) is 3.22. The Kier molecular flexibility index (Phi) is 4.79. The van der Waals surface area contributed by atoms with Crippen LogP contribution in [0.15, 0.2) is 6.20 Å². The number of thiazole rings is 1. The predicted molar refractivity (Wildman–Crippen MR) is 70.0 cm³/mol. The van der Waals surface area contributed by atoms with Crippen molar-refractivity contribution in [3.8, 4) is 0 Å². The number of nitrogens with one attached hydrogen (secondary N) is 1. The highest BCUT2D eigenvalue weighted by Crippen LogP contribution is 2.17. The lowest BCUT2D eigenvalue weighted by molar-refractivity contribution is 0.463. The Morgan fingerprint density at radius 3 is 2.69 bits per heavy atom. The molecule has 0 atom stereocenters. The molecule has 1 fully saturated rings. The van der Waals surface area contributed by atoms with E-state index in [1.165, 1.54) is 48.4 Å². The van der Waals surface area contributed by atoms with E-state index < -0.39 is 0 Å².